The largest absolute Gasteiger partial charge is 0.493 e. The van der Waals surface area contributed by atoms with E-state index in [2.05, 4.69) is 0 Å². The second-order valence-electron chi connectivity index (χ2n) is 8.81. The molecule has 9 heteroatoms. The molecule has 0 amide bonds. The first-order valence-electron chi connectivity index (χ1n) is 11.4. The van der Waals surface area contributed by atoms with Crippen molar-refractivity contribution in [1.82, 2.24) is 4.90 Å². The molecule has 0 bridgehead atoms. The molecule has 0 radical (unpaired) electrons. The van der Waals surface area contributed by atoms with Crippen LogP contribution in [0.5, 0.6) is 11.5 Å². The number of sulfone groups is 2. The van der Waals surface area contributed by atoms with Gasteiger partial charge in [0.25, 0.3) is 0 Å². The van der Waals surface area contributed by atoms with Crippen molar-refractivity contribution in [1.29, 1.82) is 0 Å². The number of ether oxygens (including phenoxy) is 2. The summed E-state index contributed by atoms with van der Waals surface area (Å²) < 4.78 is 66.9. The Labute approximate surface area is 206 Å². The molecular weight excluding hydrogens is 486 g/mol. The molecule has 0 aliphatic carbocycles. The van der Waals surface area contributed by atoms with Gasteiger partial charge in [0.05, 0.1) is 35.3 Å². The number of methoxy groups -OCH3 is 2. The molecule has 7 nitrogen and oxygen atoms in total. The number of fused-ring (bicyclic) bond motifs is 3. The van der Waals surface area contributed by atoms with E-state index in [-0.39, 0.29) is 16.3 Å². The van der Waals surface area contributed by atoms with Crippen LogP contribution >= 0.6 is 0 Å². The van der Waals surface area contributed by atoms with Gasteiger partial charge < -0.3 is 9.47 Å². The fourth-order valence-corrected chi connectivity index (χ4v) is 10.0. The van der Waals surface area contributed by atoms with Crippen molar-refractivity contribution in [3.8, 4) is 11.5 Å². The summed E-state index contributed by atoms with van der Waals surface area (Å²) >= 11 is 0. The number of benzene rings is 3. The number of hydrogen-bond donors (Lipinski definition) is 0. The number of nitrogens with zero attached hydrogens (tertiary/aromatic N) is 1. The zero-order valence-electron chi connectivity index (χ0n) is 19.5. The van der Waals surface area contributed by atoms with Crippen molar-refractivity contribution in [2.24, 2.45) is 0 Å². The molecule has 1 saturated heterocycles. The summed E-state index contributed by atoms with van der Waals surface area (Å²) in [5.41, 5.74) is 1.71. The van der Waals surface area contributed by atoms with Gasteiger partial charge in [-0.2, -0.15) is 0 Å². The van der Waals surface area contributed by atoms with E-state index in [0.717, 1.165) is 11.1 Å². The topological polar surface area (TPSA) is 90.0 Å². The van der Waals surface area contributed by atoms with E-state index in [1.807, 2.05) is 11.0 Å². The Bertz CT molecular complexity index is 1440. The average Bonchev–Trinajstić information content (AvgIpc) is 3.31. The van der Waals surface area contributed by atoms with Gasteiger partial charge in [-0.1, -0.05) is 36.4 Å². The Morgan fingerprint density at radius 1 is 0.771 bits per heavy atom. The van der Waals surface area contributed by atoms with E-state index < -0.39 is 36.2 Å². The van der Waals surface area contributed by atoms with E-state index in [0.29, 0.717) is 24.5 Å². The highest BCUT2D eigenvalue weighted by molar-refractivity contribution is 7.96. The minimum Gasteiger partial charge on any atom is -0.493 e. The van der Waals surface area contributed by atoms with Crippen LogP contribution in [0.3, 0.4) is 0 Å². The molecule has 35 heavy (non-hydrogen) atoms. The second-order valence-corrected chi connectivity index (χ2v) is 13.1. The Balaban J connectivity index is 1.72. The van der Waals surface area contributed by atoms with E-state index in [1.165, 1.54) is 31.4 Å². The molecule has 184 valence electrons. The minimum absolute atomic E-state index is 0.118. The smallest absolute Gasteiger partial charge is 0.184 e. The first-order chi connectivity index (χ1) is 16.8. The summed E-state index contributed by atoms with van der Waals surface area (Å²) in [5.74, 6) is 1.05. The zero-order valence-corrected chi connectivity index (χ0v) is 21.1. The Morgan fingerprint density at radius 3 is 1.89 bits per heavy atom. The van der Waals surface area contributed by atoms with Crippen LogP contribution in [-0.4, -0.2) is 59.5 Å². The lowest BCUT2D eigenvalue weighted by molar-refractivity contribution is 0.242. The summed E-state index contributed by atoms with van der Waals surface area (Å²) in [5, 5.41) is -2.31. The lowest BCUT2D eigenvalue weighted by Crippen LogP contribution is -2.41. The predicted molar refractivity (Wildman–Crippen MR) is 132 cm³/mol. The number of rotatable bonds is 6. The first kappa shape index (κ1) is 23.8. The van der Waals surface area contributed by atoms with Crippen molar-refractivity contribution in [3.63, 3.8) is 0 Å². The van der Waals surface area contributed by atoms with Gasteiger partial charge in [0.1, 0.15) is 5.25 Å². The zero-order chi connectivity index (χ0) is 24.8. The molecule has 0 spiro atoms. The van der Waals surface area contributed by atoms with Crippen molar-refractivity contribution in [2.45, 2.75) is 32.8 Å². The molecule has 0 unspecified atom stereocenters. The maximum atomic E-state index is 14.1. The van der Waals surface area contributed by atoms with Crippen LogP contribution in [0.25, 0.3) is 0 Å². The van der Waals surface area contributed by atoms with Gasteiger partial charge in [-0.05, 0) is 53.9 Å². The van der Waals surface area contributed by atoms with Gasteiger partial charge in [0, 0.05) is 13.1 Å². The molecule has 3 aromatic carbocycles. The Kier molecular flexibility index (Phi) is 6.11. The van der Waals surface area contributed by atoms with Crippen LogP contribution in [0.15, 0.2) is 82.6 Å². The Morgan fingerprint density at radius 2 is 1.31 bits per heavy atom. The van der Waals surface area contributed by atoms with Crippen LogP contribution in [0.2, 0.25) is 0 Å². The van der Waals surface area contributed by atoms with E-state index in [1.54, 1.807) is 49.6 Å². The van der Waals surface area contributed by atoms with Gasteiger partial charge in [0.2, 0.25) is 0 Å². The lowest BCUT2D eigenvalue weighted by atomic mass is 9.92. The predicted octanol–water partition coefficient (Wildman–Crippen LogP) is 3.30. The summed E-state index contributed by atoms with van der Waals surface area (Å²) in [7, 11) is -4.88. The molecule has 2 aliphatic rings. The van der Waals surface area contributed by atoms with Crippen LogP contribution in [0.1, 0.15) is 17.2 Å². The van der Waals surface area contributed by atoms with E-state index in [9.17, 15) is 16.8 Å². The molecule has 2 heterocycles. The van der Waals surface area contributed by atoms with Crippen LogP contribution < -0.4 is 9.47 Å². The Hall–Kier alpha value is -2.88. The quantitative estimate of drug-likeness (QED) is 0.500. The fourth-order valence-electron chi connectivity index (χ4n) is 5.35. The maximum absolute atomic E-state index is 14.1. The third kappa shape index (κ3) is 3.91. The van der Waals surface area contributed by atoms with E-state index >= 15 is 0 Å². The van der Waals surface area contributed by atoms with Gasteiger partial charge in [-0.15, -0.1) is 0 Å². The third-order valence-corrected chi connectivity index (χ3v) is 11.6. The molecule has 2 aliphatic heterocycles. The normalized spacial score (nSPS) is 22.3. The van der Waals surface area contributed by atoms with Crippen molar-refractivity contribution in [2.75, 3.05) is 27.3 Å². The van der Waals surface area contributed by atoms with Gasteiger partial charge >= 0.3 is 0 Å². The molecule has 0 aromatic heterocycles. The van der Waals surface area contributed by atoms with Crippen LogP contribution in [0.4, 0.5) is 0 Å². The molecule has 3 aromatic rings. The van der Waals surface area contributed by atoms with Gasteiger partial charge in [0.15, 0.2) is 31.2 Å². The monoisotopic (exact) mass is 513 g/mol. The molecular formula is C26H27NO6S2. The molecule has 3 atom stereocenters. The molecule has 0 N–H and O–H groups in total. The van der Waals surface area contributed by atoms with Gasteiger partial charge in [-0.3, -0.25) is 4.90 Å². The molecule has 0 saturated carbocycles. The summed E-state index contributed by atoms with van der Waals surface area (Å²) in [6.45, 7) is 0.682. The SMILES string of the molecule is COc1cc2c(cc1OC)[C@H]1[C@H](S(=O)(=O)c3ccccc3)[C@@H](S(=O)(=O)c3ccccc3)CN1CC2. The number of hydrogen-bond acceptors (Lipinski definition) is 7. The summed E-state index contributed by atoms with van der Waals surface area (Å²) in [4.78, 5) is 2.24. The van der Waals surface area contributed by atoms with Crippen molar-refractivity contribution < 1.29 is 26.3 Å². The average molecular weight is 514 g/mol. The van der Waals surface area contributed by atoms with E-state index in [4.69, 9.17) is 9.47 Å². The molecule has 1 fully saturated rings. The standard InChI is InChI=1S/C26H27NO6S2/c1-32-22-15-18-13-14-27-17-24(34(28,29)19-9-5-3-6-10-19)26(25(27)21(18)16-23(22)33-2)35(30,31)20-11-7-4-8-12-20/h3-12,15-16,24-26H,13-14,17H2,1-2H3/t24-,25-,26+/m0/s1. The van der Waals surface area contributed by atoms with Crippen molar-refractivity contribution in [3.05, 3.63) is 83.9 Å². The van der Waals surface area contributed by atoms with Gasteiger partial charge in [-0.25, -0.2) is 16.8 Å². The van der Waals surface area contributed by atoms with Crippen molar-refractivity contribution >= 4 is 19.7 Å². The highest BCUT2D eigenvalue weighted by Crippen LogP contribution is 2.48. The molecule has 5 rings (SSSR count). The minimum atomic E-state index is -4.02. The lowest BCUT2D eigenvalue weighted by Gasteiger charge is -2.35. The highest BCUT2D eigenvalue weighted by Gasteiger charge is 2.56. The maximum Gasteiger partial charge on any atom is 0.184 e. The highest BCUT2D eigenvalue weighted by atomic mass is 32.2. The third-order valence-electron chi connectivity index (χ3n) is 7.02. The first-order valence-corrected chi connectivity index (χ1v) is 14.4. The summed E-state index contributed by atoms with van der Waals surface area (Å²) in [6.07, 6.45) is 0.655. The fraction of sp³-hybridized carbons (Fsp3) is 0.308. The second kappa shape index (κ2) is 8.96. The summed E-state index contributed by atoms with van der Waals surface area (Å²) in [6, 6.07) is 19.3. The van der Waals surface area contributed by atoms with Crippen LogP contribution in [0, 0.1) is 0 Å². The van der Waals surface area contributed by atoms with Crippen LogP contribution in [-0.2, 0) is 26.1 Å².